The van der Waals surface area contributed by atoms with Crippen molar-refractivity contribution in [3.8, 4) is 11.5 Å². The van der Waals surface area contributed by atoms with Crippen molar-refractivity contribution in [2.24, 2.45) is 0 Å². The fraction of sp³-hybridized carbons (Fsp3) is 0.286. The number of benzene rings is 1. The van der Waals surface area contributed by atoms with Crippen molar-refractivity contribution in [1.82, 2.24) is 10.2 Å². The van der Waals surface area contributed by atoms with E-state index in [0.29, 0.717) is 23.8 Å². The Labute approximate surface area is 111 Å². The Hall–Kier alpha value is -2.30. The minimum atomic E-state index is -0.467. The van der Waals surface area contributed by atoms with Crippen molar-refractivity contribution in [3.63, 3.8) is 0 Å². The van der Waals surface area contributed by atoms with E-state index in [1.165, 1.54) is 0 Å². The standard InChI is InChI=1S/C14H16N2O3/c1-4-18-14(17)12-13(10(3)15-16-12)19-11-7-5-9(2)6-8-11/h5-8H,4H2,1-3H3,(H,15,16). The number of aromatic nitrogens is 2. The predicted molar refractivity (Wildman–Crippen MR) is 70.5 cm³/mol. The molecule has 0 saturated heterocycles. The van der Waals surface area contributed by atoms with Gasteiger partial charge in [-0.1, -0.05) is 17.7 Å². The molecule has 0 atom stereocenters. The van der Waals surface area contributed by atoms with Crippen LogP contribution in [0.2, 0.25) is 0 Å². The molecular weight excluding hydrogens is 244 g/mol. The quantitative estimate of drug-likeness (QED) is 0.858. The van der Waals surface area contributed by atoms with E-state index in [2.05, 4.69) is 10.2 Å². The molecule has 0 amide bonds. The second-order valence-electron chi connectivity index (χ2n) is 4.15. The van der Waals surface area contributed by atoms with Crippen LogP contribution in [0, 0.1) is 13.8 Å². The van der Waals surface area contributed by atoms with Gasteiger partial charge in [0, 0.05) is 0 Å². The molecule has 0 unspecified atom stereocenters. The van der Waals surface area contributed by atoms with E-state index in [0.717, 1.165) is 5.56 Å². The zero-order valence-corrected chi connectivity index (χ0v) is 11.2. The summed E-state index contributed by atoms with van der Waals surface area (Å²) in [5.74, 6) is 0.591. The van der Waals surface area contributed by atoms with Crippen molar-refractivity contribution in [2.45, 2.75) is 20.8 Å². The summed E-state index contributed by atoms with van der Waals surface area (Å²) >= 11 is 0. The van der Waals surface area contributed by atoms with Crippen LogP contribution in [-0.4, -0.2) is 22.8 Å². The van der Waals surface area contributed by atoms with Crippen LogP contribution in [0.4, 0.5) is 0 Å². The lowest BCUT2D eigenvalue weighted by atomic mass is 10.2. The molecule has 5 nitrogen and oxygen atoms in total. The number of aromatic amines is 1. The maximum atomic E-state index is 11.7. The molecule has 1 aromatic carbocycles. The van der Waals surface area contributed by atoms with Crippen LogP contribution in [0.25, 0.3) is 0 Å². The first kappa shape index (κ1) is 13.1. The number of H-pyrrole nitrogens is 1. The molecule has 2 aromatic rings. The number of nitrogens with zero attached hydrogens (tertiary/aromatic N) is 1. The highest BCUT2D eigenvalue weighted by Crippen LogP contribution is 2.27. The molecule has 0 radical (unpaired) electrons. The molecule has 0 spiro atoms. The van der Waals surface area contributed by atoms with E-state index in [4.69, 9.17) is 9.47 Å². The van der Waals surface area contributed by atoms with Gasteiger partial charge in [-0.25, -0.2) is 4.79 Å². The molecule has 5 heteroatoms. The third kappa shape index (κ3) is 2.93. The van der Waals surface area contributed by atoms with Gasteiger partial charge in [-0.2, -0.15) is 5.10 Å². The summed E-state index contributed by atoms with van der Waals surface area (Å²) in [4.78, 5) is 11.7. The first-order valence-electron chi connectivity index (χ1n) is 6.08. The lowest BCUT2D eigenvalue weighted by Crippen LogP contribution is -2.06. The summed E-state index contributed by atoms with van der Waals surface area (Å²) in [6.45, 7) is 5.82. The van der Waals surface area contributed by atoms with Gasteiger partial charge in [0.05, 0.1) is 6.61 Å². The highest BCUT2D eigenvalue weighted by molar-refractivity contribution is 5.90. The molecule has 0 saturated carbocycles. The molecule has 1 aromatic heterocycles. The molecule has 1 N–H and O–H groups in total. The van der Waals surface area contributed by atoms with Crippen LogP contribution in [0.3, 0.4) is 0 Å². The first-order valence-corrected chi connectivity index (χ1v) is 6.08. The summed E-state index contributed by atoms with van der Waals surface area (Å²) in [5, 5.41) is 6.62. The lowest BCUT2D eigenvalue weighted by molar-refractivity contribution is 0.0516. The van der Waals surface area contributed by atoms with Crippen molar-refractivity contribution in [1.29, 1.82) is 0 Å². The lowest BCUT2D eigenvalue weighted by Gasteiger charge is -2.07. The largest absolute Gasteiger partial charge is 0.461 e. The van der Waals surface area contributed by atoms with Crippen LogP contribution < -0.4 is 4.74 Å². The number of rotatable bonds is 4. The van der Waals surface area contributed by atoms with E-state index in [1.54, 1.807) is 13.8 Å². The highest BCUT2D eigenvalue weighted by atomic mass is 16.5. The van der Waals surface area contributed by atoms with Gasteiger partial charge in [-0.3, -0.25) is 5.10 Å². The van der Waals surface area contributed by atoms with E-state index in [9.17, 15) is 4.79 Å². The van der Waals surface area contributed by atoms with E-state index < -0.39 is 5.97 Å². The SMILES string of the molecule is CCOC(=O)c1[nH]nc(C)c1Oc1ccc(C)cc1. The smallest absolute Gasteiger partial charge is 0.360 e. The molecule has 0 bridgehead atoms. The Kier molecular flexibility index (Phi) is 3.85. The van der Waals surface area contributed by atoms with Crippen molar-refractivity contribution in [2.75, 3.05) is 6.61 Å². The van der Waals surface area contributed by atoms with Gasteiger partial charge >= 0.3 is 5.97 Å². The summed E-state index contributed by atoms with van der Waals surface area (Å²) in [7, 11) is 0. The first-order chi connectivity index (χ1) is 9.11. The minimum Gasteiger partial charge on any atom is -0.461 e. The Morgan fingerprint density at radius 1 is 1.26 bits per heavy atom. The topological polar surface area (TPSA) is 64.2 Å². The van der Waals surface area contributed by atoms with Gasteiger partial charge in [0.25, 0.3) is 0 Å². The Balaban J connectivity index is 2.26. The maximum absolute atomic E-state index is 11.7. The van der Waals surface area contributed by atoms with Crippen LogP contribution in [0.15, 0.2) is 24.3 Å². The third-order valence-electron chi connectivity index (χ3n) is 2.61. The van der Waals surface area contributed by atoms with Crippen molar-refractivity contribution in [3.05, 3.63) is 41.2 Å². The highest BCUT2D eigenvalue weighted by Gasteiger charge is 2.20. The molecular formula is C14H16N2O3. The summed E-state index contributed by atoms with van der Waals surface area (Å²) in [6.07, 6.45) is 0. The molecule has 0 aliphatic rings. The maximum Gasteiger partial charge on any atom is 0.360 e. The second-order valence-corrected chi connectivity index (χ2v) is 4.15. The molecule has 19 heavy (non-hydrogen) atoms. The summed E-state index contributed by atoms with van der Waals surface area (Å²) in [6, 6.07) is 7.57. The van der Waals surface area contributed by atoms with Crippen LogP contribution in [0.1, 0.15) is 28.7 Å². The Bertz CT molecular complexity index is 573. The number of esters is 1. The fourth-order valence-corrected chi connectivity index (χ4v) is 1.61. The molecule has 0 fully saturated rings. The Morgan fingerprint density at radius 3 is 2.58 bits per heavy atom. The normalized spacial score (nSPS) is 10.3. The third-order valence-corrected chi connectivity index (χ3v) is 2.61. The molecule has 0 aliphatic heterocycles. The average molecular weight is 260 g/mol. The number of carbonyl (C=O) groups is 1. The summed E-state index contributed by atoms with van der Waals surface area (Å²) < 4.78 is 10.7. The zero-order chi connectivity index (χ0) is 13.8. The van der Waals surface area contributed by atoms with Crippen LogP contribution in [0.5, 0.6) is 11.5 Å². The number of ether oxygens (including phenoxy) is 2. The minimum absolute atomic E-state index is 0.236. The van der Waals surface area contributed by atoms with Crippen LogP contribution >= 0.6 is 0 Å². The number of carbonyl (C=O) groups excluding carboxylic acids is 1. The monoisotopic (exact) mass is 260 g/mol. The summed E-state index contributed by atoms with van der Waals surface area (Å²) in [5.41, 5.74) is 1.99. The van der Waals surface area contributed by atoms with Crippen LogP contribution in [-0.2, 0) is 4.74 Å². The number of hydrogen-bond acceptors (Lipinski definition) is 4. The van der Waals surface area contributed by atoms with Gasteiger partial charge in [-0.15, -0.1) is 0 Å². The molecule has 0 aliphatic carbocycles. The van der Waals surface area contributed by atoms with Gasteiger partial charge in [0.2, 0.25) is 0 Å². The Morgan fingerprint density at radius 2 is 1.95 bits per heavy atom. The second kappa shape index (κ2) is 5.56. The molecule has 1 heterocycles. The number of hydrogen-bond donors (Lipinski definition) is 1. The van der Waals surface area contributed by atoms with E-state index in [1.807, 2.05) is 31.2 Å². The van der Waals surface area contributed by atoms with Gasteiger partial charge in [-0.05, 0) is 32.9 Å². The molecule has 100 valence electrons. The van der Waals surface area contributed by atoms with Gasteiger partial charge in [0.1, 0.15) is 11.4 Å². The fourth-order valence-electron chi connectivity index (χ4n) is 1.61. The van der Waals surface area contributed by atoms with E-state index >= 15 is 0 Å². The van der Waals surface area contributed by atoms with Gasteiger partial charge < -0.3 is 9.47 Å². The predicted octanol–water partition coefficient (Wildman–Crippen LogP) is 3.00. The molecule has 2 rings (SSSR count). The van der Waals surface area contributed by atoms with E-state index in [-0.39, 0.29) is 5.69 Å². The average Bonchev–Trinajstić information content (AvgIpc) is 2.74. The van der Waals surface area contributed by atoms with Crippen molar-refractivity contribution < 1.29 is 14.3 Å². The number of nitrogens with one attached hydrogen (secondary N) is 1. The zero-order valence-electron chi connectivity index (χ0n) is 11.2. The van der Waals surface area contributed by atoms with Gasteiger partial charge in [0.15, 0.2) is 11.4 Å². The number of aryl methyl sites for hydroxylation is 2. The van der Waals surface area contributed by atoms with Crippen molar-refractivity contribution >= 4 is 5.97 Å².